The van der Waals surface area contributed by atoms with Crippen molar-refractivity contribution in [3.63, 3.8) is 0 Å². The summed E-state index contributed by atoms with van der Waals surface area (Å²) in [4.78, 5) is 21.0. The van der Waals surface area contributed by atoms with Crippen molar-refractivity contribution < 1.29 is 17.6 Å². The van der Waals surface area contributed by atoms with Crippen LogP contribution in [0.25, 0.3) is 11.3 Å². The van der Waals surface area contributed by atoms with Crippen LogP contribution in [0.2, 0.25) is 0 Å². The number of rotatable bonds is 7. The molecule has 3 heterocycles. The molecule has 4 rings (SSSR count). The molecule has 0 aliphatic heterocycles. The Balaban J connectivity index is 1.41. The van der Waals surface area contributed by atoms with Gasteiger partial charge in [-0.25, -0.2) is 18.1 Å². The van der Waals surface area contributed by atoms with Crippen LogP contribution in [0.5, 0.6) is 0 Å². The Morgan fingerprint density at radius 1 is 1.10 bits per heavy atom. The summed E-state index contributed by atoms with van der Waals surface area (Å²) < 4.78 is 32.3. The minimum absolute atomic E-state index is 0.0425. The number of furan rings is 1. The molecule has 1 aromatic carbocycles. The molecule has 152 valence electrons. The standard InChI is InChI=1S/C20H16N4O4S2/c25-19(24-20-23-18(13-29-20)15-3-1-9-21-11-15)14-5-7-17(8-6-14)30(26,27)22-12-16-4-2-10-28-16/h1-11,13,22H,12H2,(H,23,24,25). The second-order valence-electron chi connectivity index (χ2n) is 6.16. The molecule has 8 nitrogen and oxygen atoms in total. The summed E-state index contributed by atoms with van der Waals surface area (Å²) in [5.41, 5.74) is 1.89. The van der Waals surface area contributed by atoms with Gasteiger partial charge in [0, 0.05) is 28.9 Å². The first kappa shape index (κ1) is 20.0. The molecule has 0 saturated carbocycles. The lowest BCUT2D eigenvalue weighted by Crippen LogP contribution is -2.23. The summed E-state index contributed by atoms with van der Waals surface area (Å²) in [5.74, 6) is 0.123. The van der Waals surface area contributed by atoms with Crippen LogP contribution in [0, 0.1) is 0 Å². The molecule has 0 atom stereocenters. The number of hydrogen-bond donors (Lipinski definition) is 2. The number of carbonyl (C=O) groups excluding carboxylic acids is 1. The maximum Gasteiger partial charge on any atom is 0.257 e. The molecular weight excluding hydrogens is 424 g/mol. The lowest BCUT2D eigenvalue weighted by molar-refractivity contribution is 0.102. The van der Waals surface area contributed by atoms with Crippen molar-refractivity contribution in [1.29, 1.82) is 0 Å². The van der Waals surface area contributed by atoms with Crippen molar-refractivity contribution in [3.05, 3.63) is 83.9 Å². The van der Waals surface area contributed by atoms with E-state index in [0.717, 1.165) is 5.56 Å². The smallest absolute Gasteiger partial charge is 0.257 e. The second-order valence-corrected chi connectivity index (χ2v) is 8.79. The molecule has 0 unspecified atom stereocenters. The van der Waals surface area contributed by atoms with Crippen LogP contribution >= 0.6 is 11.3 Å². The fourth-order valence-electron chi connectivity index (χ4n) is 2.60. The third-order valence-electron chi connectivity index (χ3n) is 4.13. The fourth-order valence-corrected chi connectivity index (χ4v) is 4.30. The molecule has 0 saturated heterocycles. The Hall–Kier alpha value is -3.34. The highest BCUT2D eigenvalue weighted by atomic mass is 32.2. The zero-order chi connectivity index (χ0) is 21.0. The molecule has 1 amide bonds. The predicted molar refractivity (Wildman–Crippen MR) is 112 cm³/mol. The van der Waals surface area contributed by atoms with E-state index in [2.05, 4.69) is 20.0 Å². The largest absolute Gasteiger partial charge is 0.468 e. The lowest BCUT2D eigenvalue weighted by Gasteiger charge is -2.07. The summed E-state index contributed by atoms with van der Waals surface area (Å²) in [5, 5.41) is 4.99. The minimum atomic E-state index is -3.72. The van der Waals surface area contributed by atoms with Crippen molar-refractivity contribution in [2.75, 3.05) is 5.32 Å². The molecule has 0 fully saturated rings. The van der Waals surface area contributed by atoms with Gasteiger partial charge in [0.25, 0.3) is 5.91 Å². The Kier molecular flexibility index (Phi) is 5.70. The first-order valence-corrected chi connectivity index (χ1v) is 11.2. The van der Waals surface area contributed by atoms with Gasteiger partial charge in [-0.3, -0.25) is 15.1 Å². The molecule has 30 heavy (non-hydrogen) atoms. The number of carbonyl (C=O) groups is 1. The molecule has 0 aliphatic rings. The molecule has 2 N–H and O–H groups in total. The summed E-state index contributed by atoms with van der Waals surface area (Å²) in [7, 11) is -3.72. The van der Waals surface area contributed by atoms with E-state index < -0.39 is 10.0 Å². The lowest BCUT2D eigenvalue weighted by atomic mass is 10.2. The number of nitrogens with zero attached hydrogens (tertiary/aromatic N) is 2. The molecular formula is C20H16N4O4S2. The highest BCUT2D eigenvalue weighted by molar-refractivity contribution is 7.89. The fraction of sp³-hybridized carbons (Fsp3) is 0.0500. The van der Waals surface area contributed by atoms with Gasteiger partial charge in [-0.15, -0.1) is 11.3 Å². The zero-order valence-electron chi connectivity index (χ0n) is 15.5. The average Bonchev–Trinajstić information content (AvgIpc) is 3.45. The number of nitrogens with one attached hydrogen (secondary N) is 2. The van der Waals surface area contributed by atoms with Crippen molar-refractivity contribution in [3.8, 4) is 11.3 Å². The van der Waals surface area contributed by atoms with E-state index in [-0.39, 0.29) is 17.3 Å². The van der Waals surface area contributed by atoms with Gasteiger partial charge in [0.1, 0.15) is 5.76 Å². The molecule has 0 spiro atoms. The molecule has 0 radical (unpaired) electrons. The summed E-state index contributed by atoms with van der Waals surface area (Å²) in [6.07, 6.45) is 4.84. The van der Waals surface area contributed by atoms with Crippen LogP contribution < -0.4 is 10.0 Å². The number of hydrogen-bond acceptors (Lipinski definition) is 7. The Morgan fingerprint density at radius 3 is 2.63 bits per heavy atom. The third-order valence-corrected chi connectivity index (χ3v) is 6.30. The first-order chi connectivity index (χ1) is 14.5. The Morgan fingerprint density at radius 2 is 1.93 bits per heavy atom. The van der Waals surface area contributed by atoms with Crippen LogP contribution in [0.15, 0.2) is 81.9 Å². The Labute approximate surface area is 176 Å². The number of amides is 1. The maximum atomic E-state index is 12.5. The van der Waals surface area contributed by atoms with Crippen molar-refractivity contribution in [1.82, 2.24) is 14.7 Å². The van der Waals surface area contributed by atoms with Gasteiger partial charge >= 0.3 is 0 Å². The molecule has 0 aliphatic carbocycles. The van der Waals surface area contributed by atoms with E-state index in [9.17, 15) is 13.2 Å². The molecule has 0 bridgehead atoms. The van der Waals surface area contributed by atoms with Gasteiger partial charge in [-0.2, -0.15) is 0 Å². The van der Waals surface area contributed by atoms with Gasteiger partial charge in [0.2, 0.25) is 10.0 Å². The number of thiazole rings is 1. The van der Waals surface area contributed by atoms with Crippen molar-refractivity contribution in [2.24, 2.45) is 0 Å². The van der Waals surface area contributed by atoms with Crippen molar-refractivity contribution >= 4 is 32.4 Å². The summed E-state index contributed by atoms with van der Waals surface area (Å²) in [6, 6.07) is 12.7. The topological polar surface area (TPSA) is 114 Å². The quantitative estimate of drug-likeness (QED) is 0.454. The number of anilines is 1. The van der Waals surface area contributed by atoms with Crippen LogP contribution in [-0.2, 0) is 16.6 Å². The van der Waals surface area contributed by atoms with Crippen LogP contribution in [0.4, 0.5) is 5.13 Å². The van der Waals surface area contributed by atoms with Crippen molar-refractivity contribution in [2.45, 2.75) is 11.4 Å². The zero-order valence-corrected chi connectivity index (χ0v) is 17.1. The van der Waals surface area contributed by atoms with Gasteiger partial charge in [-0.05, 0) is 48.5 Å². The van der Waals surface area contributed by atoms with E-state index in [4.69, 9.17) is 4.42 Å². The van der Waals surface area contributed by atoms with E-state index >= 15 is 0 Å². The van der Waals surface area contributed by atoms with Gasteiger partial charge < -0.3 is 4.42 Å². The SMILES string of the molecule is O=C(Nc1nc(-c2cccnc2)cs1)c1ccc(S(=O)(=O)NCc2ccco2)cc1. The van der Waals surface area contributed by atoms with Crippen LogP contribution in [0.1, 0.15) is 16.1 Å². The van der Waals surface area contributed by atoms with E-state index in [0.29, 0.717) is 22.1 Å². The van der Waals surface area contributed by atoms with Gasteiger partial charge in [-0.1, -0.05) is 0 Å². The first-order valence-electron chi connectivity index (χ1n) is 8.81. The monoisotopic (exact) mass is 440 g/mol. The number of sulfonamides is 1. The van der Waals surface area contributed by atoms with Gasteiger partial charge in [0.15, 0.2) is 5.13 Å². The number of aromatic nitrogens is 2. The maximum absolute atomic E-state index is 12.5. The van der Waals surface area contributed by atoms with E-state index in [1.54, 1.807) is 24.5 Å². The molecule has 3 aromatic heterocycles. The number of pyridine rings is 1. The second kappa shape index (κ2) is 8.57. The predicted octanol–water partition coefficient (Wildman–Crippen LogP) is 3.53. The average molecular weight is 441 g/mol. The van der Waals surface area contributed by atoms with Gasteiger partial charge in [0.05, 0.1) is 23.4 Å². The highest BCUT2D eigenvalue weighted by Crippen LogP contribution is 2.24. The van der Waals surface area contributed by atoms with Crippen LogP contribution in [-0.4, -0.2) is 24.3 Å². The summed E-state index contributed by atoms with van der Waals surface area (Å²) in [6.45, 7) is 0.0425. The van der Waals surface area contributed by atoms with E-state index in [1.807, 2.05) is 17.5 Å². The third kappa shape index (κ3) is 4.62. The number of benzene rings is 1. The highest BCUT2D eigenvalue weighted by Gasteiger charge is 2.16. The Bertz CT molecular complexity index is 1240. The normalized spacial score (nSPS) is 11.3. The summed E-state index contributed by atoms with van der Waals surface area (Å²) >= 11 is 1.29. The molecule has 10 heteroatoms. The molecule has 4 aromatic rings. The minimum Gasteiger partial charge on any atom is -0.468 e. The van der Waals surface area contributed by atoms with Crippen LogP contribution in [0.3, 0.4) is 0 Å². The van der Waals surface area contributed by atoms with E-state index in [1.165, 1.54) is 41.9 Å².